The van der Waals surface area contributed by atoms with Crippen molar-refractivity contribution in [3.05, 3.63) is 101 Å². The fourth-order valence-corrected chi connectivity index (χ4v) is 4.90. The highest BCUT2D eigenvalue weighted by Crippen LogP contribution is 2.38. The Morgan fingerprint density at radius 3 is 2.24 bits per heavy atom. The summed E-state index contributed by atoms with van der Waals surface area (Å²) < 4.78 is 26.7. The van der Waals surface area contributed by atoms with Crippen LogP contribution < -0.4 is 29.1 Å². The summed E-state index contributed by atoms with van der Waals surface area (Å²) in [6.45, 7) is 1.26. The number of ether oxygens (including phenoxy) is 5. The zero-order valence-corrected chi connectivity index (χ0v) is 25.9. The molecule has 0 aliphatic carbocycles. The van der Waals surface area contributed by atoms with Gasteiger partial charge in [-0.2, -0.15) is 5.10 Å². The Kier molecular flexibility index (Phi) is 9.53. The van der Waals surface area contributed by atoms with Crippen molar-refractivity contribution in [3.63, 3.8) is 0 Å². The maximum Gasteiger partial charge on any atom is 0.343 e. The molecule has 1 heterocycles. The van der Waals surface area contributed by atoms with Gasteiger partial charge in [0.2, 0.25) is 0 Å². The van der Waals surface area contributed by atoms with E-state index < -0.39 is 17.8 Å². The number of carbonyl (C=O) groups is 3. The van der Waals surface area contributed by atoms with Crippen molar-refractivity contribution in [1.82, 2.24) is 10.4 Å². The molecule has 0 fully saturated rings. The van der Waals surface area contributed by atoms with Crippen LogP contribution in [0.2, 0.25) is 5.02 Å². The Hall–Kier alpha value is -5.81. The molecule has 5 aromatic rings. The molecule has 1 amide bonds. The van der Waals surface area contributed by atoms with Crippen molar-refractivity contribution in [1.29, 1.82) is 0 Å². The van der Waals surface area contributed by atoms with Gasteiger partial charge in [-0.3, -0.25) is 9.59 Å². The van der Waals surface area contributed by atoms with Crippen molar-refractivity contribution >= 4 is 46.6 Å². The summed E-state index contributed by atoms with van der Waals surface area (Å²) in [4.78, 5) is 40.7. The molecule has 0 radical (unpaired) electrons. The van der Waals surface area contributed by atoms with E-state index in [9.17, 15) is 14.4 Å². The lowest BCUT2D eigenvalue weighted by molar-refractivity contribution is -0.132. The summed E-state index contributed by atoms with van der Waals surface area (Å²) in [5.74, 6) is -0.320. The van der Waals surface area contributed by atoms with E-state index in [2.05, 4.69) is 15.5 Å². The maximum absolute atomic E-state index is 13.4. The van der Waals surface area contributed by atoms with Crippen molar-refractivity contribution in [2.45, 2.75) is 6.92 Å². The SMILES string of the molecule is COc1ccc2[nH]c(C(=O)NN=Cc3ccc(OC(=O)c4ccc(OC(C)=O)c(OC)c4)c(OC)c3)c(-c3ccccc3Cl)c2c1. The molecular weight excluding hydrogens is 614 g/mol. The number of halogens is 1. The Labute approximate surface area is 268 Å². The number of amides is 1. The van der Waals surface area contributed by atoms with E-state index in [0.29, 0.717) is 27.5 Å². The number of carbonyl (C=O) groups excluding carboxylic acids is 3. The van der Waals surface area contributed by atoms with Gasteiger partial charge < -0.3 is 28.7 Å². The molecule has 46 heavy (non-hydrogen) atoms. The van der Waals surface area contributed by atoms with Crippen LogP contribution in [0.15, 0.2) is 84.0 Å². The van der Waals surface area contributed by atoms with Crippen LogP contribution in [0.3, 0.4) is 0 Å². The Bertz CT molecular complexity index is 1990. The van der Waals surface area contributed by atoms with Crippen molar-refractivity contribution in [3.8, 4) is 39.9 Å². The van der Waals surface area contributed by atoms with E-state index in [4.69, 9.17) is 35.3 Å². The number of rotatable bonds is 10. The zero-order valence-electron chi connectivity index (χ0n) is 25.2. The molecular formula is C34H28ClN3O8. The normalized spacial score (nSPS) is 10.9. The third kappa shape index (κ3) is 6.79. The topological polar surface area (TPSA) is 138 Å². The quantitative estimate of drug-likeness (QED) is 0.0771. The lowest BCUT2D eigenvalue weighted by atomic mass is 10.0. The number of nitrogens with zero attached hydrogens (tertiary/aromatic N) is 1. The predicted octanol–water partition coefficient (Wildman–Crippen LogP) is 6.42. The highest BCUT2D eigenvalue weighted by molar-refractivity contribution is 6.34. The summed E-state index contributed by atoms with van der Waals surface area (Å²) in [5.41, 5.74) is 5.54. The highest BCUT2D eigenvalue weighted by Gasteiger charge is 2.21. The average Bonchev–Trinajstić information content (AvgIpc) is 3.44. The van der Waals surface area contributed by atoms with Crippen LogP contribution in [0.1, 0.15) is 33.3 Å². The van der Waals surface area contributed by atoms with Crippen LogP contribution in [-0.2, 0) is 4.79 Å². The minimum atomic E-state index is -0.690. The Morgan fingerprint density at radius 1 is 0.804 bits per heavy atom. The van der Waals surface area contributed by atoms with Gasteiger partial charge in [-0.15, -0.1) is 0 Å². The molecule has 0 saturated carbocycles. The van der Waals surface area contributed by atoms with E-state index in [1.807, 2.05) is 30.3 Å². The van der Waals surface area contributed by atoms with E-state index in [1.165, 1.54) is 51.6 Å². The van der Waals surface area contributed by atoms with Gasteiger partial charge in [0.25, 0.3) is 5.91 Å². The Morgan fingerprint density at radius 2 is 1.52 bits per heavy atom. The van der Waals surface area contributed by atoms with E-state index in [-0.39, 0.29) is 34.3 Å². The van der Waals surface area contributed by atoms with Gasteiger partial charge in [-0.05, 0) is 66.2 Å². The van der Waals surface area contributed by atoms with Crippen molar-refractivity contribution in [2.75, 3.05) is 21.3 Å². The van der Waals surface area contributed by atoms with Gasteiger partial charge >= 0.3 is 11.9 Å². The standard InChI is InChI=1S/C34H28ClN3O8/c1-19(39)45-27-14-10-21(16-30(27)44-4)34(41)46-28-13-9-20(15-29(28)43-3)18-36-38-33(40)32-31(23-7-5-6-8-25(23)35)24-17-22(42-2)11-12-26(24)37-32/h5-18,37H,1-4H3,(H,38,40). The molecule has 5 rings (SSSR count). The number of aromatic amines is 1. The van der Waals surface area contributed by atoms with E-state index in [0.717, 1.165) is 10.9 Å². The third-order valence-electron chi connectivity index (χ3n) is 6.80. The van der Waals surface area contributed by atoms with Crippen molar-refractivity contribution < 1.29 is 38.1 Å². The number of esters is 2. The summed E-state index contributed by atoms with van der Waals surface area (Å²) in [6, 6.07) is 21.7. The van der Waals surface area contributed by atoms with Crippen LogP contribution in [0, 0.1) is 0 Å². The second kappa shape index (κ2) is 13.9. The number of hydrogen-bond acceptors (Lipinski definition) is 9. The fraction of sp³-hybridized carbons (Fsp3) is 0.118. The molecule has 1 aromatic heterocycles. The first-order valence-electron chi connectivity index (χ1n) is 13.8. The molecule has 0 unspecified atom stereocenters. The molecule has 11 nitrogen and oxygen atoms in total. The molecule has 234 valence electrons. The highest BCUT2D eigenvalue weighted by atomic mass is 35.5. The molecule has 0 atom stereocenters. The summed E-state index contributed by atoms with van der Waals surface area (Å²) >= 11 is 6.52. The van der Waals surface area contributed by atoms with Gasteiger partial charge in [-0.25, -0.2) is 10.2 Å². The van der Waals surface area contributed by atoms with Gasteiger partial charge in [0.15, 0.2) is 23.0 Å². The predicted molar refractivity (Wildman–Crippen MR) is 173 cm³/mol. The monoisotopic (exact) mass is 641 g/mol. The van der Waals surface area contributed by atoms with Gasteiger partial charge in [0.1, 0.15) is 11.4 Å². The second-order valence-corrected chi connectivity index (χ2v) is 10.1. The largest absolute Gasteiger partial charge is 0.497 e. The number of H-pyrrole nitrogens is 1. The molecule has 4 aromatic carbocycles. The molecule has 0 aliphatic rings. The number of benzene rings is 4. The molecule has 0 spiro atoms. The summed E-state index contributed by atoms with van der Waals surface area (Å²) in [7, 11) is 4.38. The maximum atomic E-state index is 13.4. The lowest BCUT2D eigenvalue weighted by Crippen LogP contribution is -2.19. The number of fused-ring (bicyclic) bond motifs is 1. The zero-order chi connectivity index (χ0) is 32.8. The average molecular weight is 642 g/mol. The van der Waals surface area contributed by atoms with Crippen LogP contribution in [-0.4, -0.2) is 50.4 Å². The number of hydrazone groups is 1. The smallest absolute Gasteiger partial charge is 0.343 e. The van der Waals surface area contributed by atoms with Crippen LogP contribution in [0.4, 0.5) is 0 Å². The number of aromatic nitrogens is 1. The van der Waals surface area contributed by atoms with Crippen molar-refractivity contribution in [2.24, 2.45) is 5.10 Å². The third-order valence-corrected chi connectivity index (χ3v) is 7.13. The van der Waals surface area contributed by atoms with E-state index in [1.54, 1.807) is 31.4 Å². The minimum Gasteiger partial charge on any atom is -0.497 e. The lowest BCUT2D eigenvalue weighted by Gasteiger charge is -2.12. The fourth-order valence-electron chi connectivity index (χ4n) is 4.67. The van der Waals surface area contributed by atoms with Gasteiger partial charge in [-0.1, -0.05) is 29.8 Å². The van der Waals surface area contributed by atoms with E-state index >= 15 is 0 Å². The molecule has 0 bridgehead atoms. The number of hydrogen-bond donors (Lipinski definition) is 2. The van der Waals surface area contributed by atoms with Gasteiger partial charge in [0.05, 0.1) is 33.1 Å². The molecule has 0 saturated heterocycles. The number of methoxy groups -OCH3 is 3. The van der Waals surface area contributed by atoms with Crippen LogP contribution >= 0.6 is 11.6 Å². The van der Waals surface area contributed by atoms with Crippen LogP contribution in [0.5, 0.6) is 28.7 Å². The van der Waals surface area contributed by atoms with Crippen LogP contribution in [0.25, 0.3) is 22.0 Å². The second-order valence-electron chi connectivity index (χ2n) is 9.72. The minimum absolute atomic E-state index is 0.148. The Balaban J connectivity index is 1.34. The molecule has 0 aliphatic heterocycles. The van der Waals surface area contributed by atoms with Gasteiger partial charge in [0, 0.05) is 34.0 Å². The summed E-state index contributed by atoms with van der Waals surface area (Å²) in [6.07, 6.45) is 1.42. The molecule has 2 N–H and O–H groups in total. The first-order chi connectivity index (χ1) is 22.2. The number of nitrogens with one attached hydrogen (secondary N) is 2. The first-order valence-corrected chi connectivity index (χ1v) is 14.1. The molecule has 12 heteroatoms. The summed E-state index contributed by atoms with van der Waals surface area (Å²) in [5, 5.41) is 5.37. The first kappa shape index (κ1) is 31.6.